The molecule has 0 spiro atoms. The SMILES string of the molecule is CC(Cc1ccc2c(c1-c1ccc(Cl)cc1)OC(C(=O)O)(C(=O)O)O2)NCC(O)COc1ccc(Cl)cc1. The van der Waals surface area contributed by atoms with E-state index in [-0.39, 0.29) is 30.7 Å². The van der Waals surface area contributed by atoms with Gasteiger partial charge < -0.3 is 34.8 Å². The number of halogens is 2. The highest BCUT2D eigenvalue weighted by Crippen LogP contribution is 2.48. The molecule has 3 aromatic rings. The molecule has 0 aromatic heterocycles. The van der Waals surface area contributed by atoms with E-state index in [9.17, 15) is 24.9 Å². The molecule has 0 amide bonds. The summed E-state index contributed by atoms with van der Waals surface area (Å²) in [5, 5.41) is 33.8. The van der Waals surface area contributed by atoms with Gasteiger partial charge in [0.25, 0.3) is 0 Å². The Hall–Kier alpha value is -3.50. The van der Waals surface area contributed by atoms with Gasteiger partial charge in [0.1, 0.15) is 18.5 Å². The molecule has 0 saturated carbocycles. The molecule has 1 heterocycles. The normalized spacial score (nSPS) is 15.1. The van der Waals surface area contributed by atoms with E-state index in [1.807, 2.05) is 6.92 Å². The van der Waals surface area contributed by atoms with E-state index in [0.717, 1.165) is 5.56 Å². The second-order valence-electron chi connectivity index (χ2n) is 8.80. The molecular weight excluding hydrogens is 537 g/mol. The zero-order valence-corrected chi connectivity index (χ0v) is 21.7. The number of carbonyl (C=O) groups is 2. The van der Waals surface area contributed by atoms with Gasteiger partial charge in [-0.1, -0.05) is 41.4 Å². The predicted octanol–water partition coefficient (Wildman–Crippen LogP) is 4.26. The minimum atomic E-state index is -2.89. The third kappa shape index (κ3) is 5.97. The fraction of sp³-hybridized carbons (Fsp3) is 0.259. The molecule has 9 nitrogen and oxygen atoms in total. The monoisotopic (exact) mass is 561 g/mol. The molecule has 0 saturated heterocycles. The Balaban J connectivity index is 1.51. The number of ether oxygens (including phenoxy) is 3. The van der Waals surface area contributed by atoms with Crippen LogP contribution in [-0.2, 0) is 16.0 Å². The Morgan fingerprint density at radius 2 is 1.55 bits per heavy atom. The highest BCUT2D eigenvalue weighted by atomic mass is 35.5. The molecule has 4 rings (SSSR count). The summed E-state index contributed by atoms with van der Waals surface area (Å²) in [6.45, 7) is 2.24. The quantitative estimate of drug-likeness (QED) is 0.253. The molecule has 0 fully saturated rings. The Kier molecular flexibility index (Phi) is 8.32. The molecule has 3 aromatic carbocycles. The van der Waals surface area contributed by atoms with E-state index in [4.69, 9.17) is 37.4 Å². The number of nitrogens with one attached hydrogen (secondary N) is 1. The first-order valence-electron chi connectivity index (χ1n) is 11.7. The summed E-state index contributed by atoms with van der Waals surface area (Å²) in [6, 6.07) is 16.7. The van der Waals surface area contributed by atoms with Gasteiger partial charge in [0.2, 0.25) is 0 Å². The van der Waals surface area contributed by atoms with Crippen LogP contribution in [0.5, 0.6) is 17.2 Å². The molecule has 4 N–H and O–H groups in total. The second kappa shape index (κ2) is 11.5. The summed E-state index contributed by atoms with van der Waals surface area (Å²) in [5.74, 6) is -5.85. The highest BCUT2D eigenvalue weighted by Gasteiger charge is 2.58. The standard InChI is InChI=1S/C27H25Cl2NO8/c1-15(30-13-20(31)14-36-21-9-7-19(29)8-10-21)12-17-4-11-22-24(23(17)16-2-5-18(28)6-3-16)38-27(37-22,25(32)33)26(34)35/h2-11,15,20,30-31H,12-14H2,1H3,(H,32,33)(H,34,35). The van der Waals surface area contributed by atoms with E-state index in [2.05, 4.69) is 5.32 Å². The minimum absolute atomic E-state index is 0.00103. The zero-order chi connectivity index (χ0) is 27.4. The molecule has 2 atom stereocenters. The Labute approximate surface area is 228 Å². The van der Waals surface area contributed by atoms with Gasteiger partial charge in [0, 0.05) is 28.2 Å². The Morgan fingerprint density at radius 1 is 0.947 bits per heavy atom. The maximum Gasteiger partial charge on any atom is 0.453 e. The van der Waals surface area contributed by atoms with E-state index >= 15 is 0 Å². The van der Waals surface area contributed by atoms with Crippen molar-refractivity contribution in [3.05, 3.63) is 76.3 Å². The van der Waals surface area contributed by atoms with Crippen LogP contribution in [-0.4, -0.2) is 58.3 Å². The lowest BCUT2D eigenvalue weighted by molar-refractivity contribution is -0.194. The van der Waals surface area contributed by atoms with Gasteiger partial charge in [0.15, 0.2) is 11.5 Å². The van der Waals surface area contributed by atoms with Crippen LogP contribution in [0.2, 0.25) is 10.0 Å². The first kappa shape index (κ1) is 27.5. The van der Waals surface area contributed by atoms with Gasteiger partial charge in [-0.25, -0.2) is 9.59 Å². The second-order valence-corrected chi connectivity index (χ2v) is 9.67. The lowest BCUT2D eigenvalue weighted by Crippen LogP contribution is -2.54. The van der Waals surface area contributed by atoms with Crippen molar-refractivity contribution in [1.82, 2.24) is 5.32 Å². The van der Waals surface area contributed by atoms with Crippen LogP contribution in [0.1, 0.15) is 12.5 Å². The average molecular weight is 562 g/mol. The van der Waals surface area contributed by atoms with Crippen molar-refractivity contribution in [2.24, 2.45) is 0 Å². The number of carboxylic acids is 2. The third-order valence-corrected chi connectivity index (χ3v) is 6.39. The fourth-order valence-corrected chi connectivity index (χ4v) is 4.25. The van der Waals surface area contributed by atoms with Crippen molar-refractivity contribution in [3.63, 3.8) is 0 Å². The van der Waals surface area contributed by atoms with Gasteiger partial charge >= 0.3 is 17.7 Å². The summed E-state index contributed by atoms with van der Waals surface area (Å²) in [4.78, 5) is 23.6. The predicted molar refractivity (Wildman–Crippen MR) is 140 cm³/mol. The number of aliphatic hydroxyl groups is 1. The lowest BCUT2D eigenvalue weighted by atomic mass is 9.94. The number of aliphatic carboxylic acids is 2. The van der Waals surface area contributed by atoms with Crippen LogP contribution in [0.3, 0.4) is 0 Å². The lowest BCUT2D eigenvalue weighted by Gasteiger charge is -2.20. The molecule has 11 heteroatoms. The third-order valence-electron chi connectivity index (χ3n) is 5.89. The first-order chi connectivity index (χ1) is 18.1. The molecular formula is C27H25Cl2NO8. The molecule has 1 aliphatic heterocycles. The van der Waals surface area contributed by atoms with Crippen LogP contribution < -0.4 is 19.5 Å². The van der Waals surface area contributed by atoms with Crippen LogP contribution in [0.4, 0.5) is 0 Å². The summed E-state index contributed by atoms with van der Waals surface area (Å²) in [7, 11) is 0. The minimum Gasteiger partial charge on any atom is -0.491 e. The number of carboxylic acid groups (broad SMARTS) is 2. The van der Waals surface area contributed by atoms with Gasteiger partial charge in [-0.05, 0) is 66.9 Å². The van der Waals surface area contributed by atoms with Gasteiger partial charge in [-0.15, -0.1) is 0 Å². The maximum absolute atomic E-state index is 11.8. The van der Waals surface area contributed by atoms with E-state index in [1.165, 1.54) is 6.07 Å². The Bertz CT molecular complexity index is 1300. The largest absolute Gasteiger partial charge is 0.491 e. The Morgan fingerprint density at radius 3 is 2.16 bits per heavy atom. The van der Waals surface area contributed by atoms with Gasteiger partial charge in [-0.2, -0.15) is 0 Å². The molecule has 1 aliphatic rings. The highest BCUT2D eigenvalue weighted by molar-refractivity contribution is 6.30. The van der Waals surface area contributed by atoms with Crippen molar-refractivity contribution in [2.75, 3.05) is 13.2 Å². The smallest absolute Gasteiger partial charge is 0.453 e. The molecule has 200 valence electrons. The summed E-state index contributed by atoms with van der Waals surface area (Å²) >= 11 is 11.9. The van der Waals surface area contributed by atoms with E-state index in [1.54, 1.807) is 54.6 Å². The number of aliphatic hydroxyl groups excluding tert-OH is 1. The van der Waals surface area contributed by atoms with Crippen LogP contribution in [0.25, 0.3) is 11.1 Å². The number of hydrogen-bond acceptors (Lipinski definition) is 7. The summed E-state index contributed by atoms with van der Waals surface area (Å²) in [6.07, 6.45) is -0.348. The van der Waals surface area contributed by atoms with Crippen molar-refractivity contribution in [3.8, 4) is 28.4 Å². The van der Waals surface area contributed by atoms with E-state index in [0.29, 0.717) is 33.3 Å². The van der Waals surface area contributed by atoms with Gasteiger partial charge in [-0.3, -0.25) is 0 Å². The topological polar surface area (TPSA) is 135 Å². The molecule has 0 radical (unpaired) electrons. The fourth-order valence-electron chi connectivity index (χ4n) is 4.00. The first-order valence-corrected chi connectivity index (χ1v) is 12.4. The number of rotatable bonds is 11. The van der Waals surface area contributed by atoms with Crippen molar-refractivity contribution >= 4 is 35.1 Å². The number of fused-ring (bicyclic) bond motifs is 1. The van der Waals surface area contributed by atoms with Crippen molar-refractivity contribution in [1.29, 1.82) is 0 Å². The zero-order valence-electron chi connectivity index (χ0n) is 20.2. The maximum atomic E-state index is 11.8. The number of hydrogen-bond donors (Lipinski definition) is 4. The summed E-state index contributed by atoms with van der Waals surface area (Å²) in [5.41, 5.74) is 1.87. The molecule has 0 aliphatic carbocycles. The van der Waals surface area contributed by atoms with E-state index < -0.39 is 23.8 Å². The van der Waals surface area contributed by atoms with Crippen LogP contribution in [0.15, 0.2) is 60.7 Å². The van der Waals surface area contributed by atoms with Crippen molar-refractivity contribution < 1.29 is 39.1 Å². The van der Waals surface area contributed by atoms with Crippen molar-refractivity contribution in [2.45, 2.75) is 31.3 Å². The number of benzene rings is 3. The molecule has 38 heavy (non-hydrogen) atoms. The molecule has 0 bridgehead atoms. The molecule has 2 unspecified atom stereocenters. The average Bonchev–Trinajstić information content (AvgIpc) is 3.29. The van der Waals surface area contributed by atoms with Gasteiger partial charge in [0.05, 0.1) is 0 Å². The summed E-state index contributed by atoms with van der Waals surface area (Å²) < 4.78 is 16.4. The van der Waals surface area contributed by atoms with Crippen LogP contribution in [0, 0.1) is 0 Å². The van der Waals surface area contributed by atoms with Crippen LogP contribution >= 0.6 is 23.2 Å².